The van der Waals surface area contributed by atoms with Gasteiger partial charge in [0.1, 0.15) is 5.82 Å². The van der Waals surface area contributed by atoms with Crippen molar-refractivity contribution in [2.24, 2.45) is 0 Å². The van der Waals surface area contributed by atoms with Crippen molar-refractivity contribution < 1.29 is 4.79 Å². The molecule has 1 aromatic heterocycles. The summed E-state index contributed by atoms with van der Waals surface area (Å²) < 4.78 is 0. The number of pyridine rings is 1. The lowest BCUT2D eigenvalue weighted by molar-refractivity contribution is -0.114. The van der Waals surface area contributed by atoms with Crippen LogP contribution in [0.25, 0.3) is 0 Å². The van der Waals surface area contributed by atoms with E-state index in [1.54, 1.807) is 6.20 Å². The topological polar surface area (TPSA) is 54.0 Å². The number of nitrogens with one attached hydrogen (secondary N) is 2. The maximum absolute atomic E-state index is 11.0. The summed E-state index contributed by atoms with van der Waals surface area (Å²) in [4.78, 5) is 15.3. The monoisotopic (exact) mass is 283 g/mol. The summed E-state index contributed by atoms with van der Waals surface area (Å²) in [7, 11) is 0. The van der Waals surface area contributed by atoms with Gasteiger partial charge in [-0.25, -0.2) is 4.98 Å². The molecule has 0 aliphatic rings. The lowest BCUT2D eigenvalue weighted by Crippen LogP contribution is -2.13. The maximum atomic E-state index is 11.0. The van der Waals surface area contributed by atoms with Crippen molar-refractivity contribution >= 4 is 23.1 Å². The first-order chi connectivity index (χ1) is 9.86. The second-order valence-corrected chi connectivity index (χ2v) is 6.03. The van der Waals surface area contributed by atoms with Crippen molar-refractivity contribution in [2.45, 2.75) is 33.1 Å². The molecule has 0 bridgehead atoms. The zero-order valence-corrected chi connectivity index (χ0v) is 12.9. The molecule has 21 heavy (non-hydrogen) atoms. The number of benzene rings is 1. The Labute approximate surface area is 125 Å². The maximum Gasteiger partial charge on any atom is 0.221 e. The molecule has 0 saturated carbocycles. The van der Waals surface area contributed by atoms with Gasteiger partial charge in [-0.3, -0.25) is 4.79 Å². The SMILES string of the molecule is CC(=O)Nc1ccc(Nc2ccccc2C(C)(C)C)nc1. The van der Waals surface area contributed by atoms with E-state index in [0.717, 1.165) is 11.5 Å². The first kappa shape index (κ1) is 15.0. The van der Waals surface area contributed by atoms with Crippen LogP contribution in [0.3, 0.4) is 0 Å². The van der Waals surface area contributed by atoms with E-state index < -0.39 is 0 Å². The Kier molecular flexibility index (Phi) is 4.26. The summed E-state index contributed by atoms with van der Waals surface area (Å²) in [5, 5.41) is 6.04. The minimum Gasteiger partial charge on any atom is -0.340 e. The third kappa shape index (κ3) is 4.05. The number of hydrogen-bond acceptors (Lipinski definition) is 3. The highest BCUT2D eigenvalue weighted by atomic mass is 16.1. The lowest BCUT2D eigenvalue weighted by atomic mass is 9.86. The smallest absolute Gasteiger partial charge is 0.221 e. The molecule has 2 rings (SSSR count). The third-order valence-corrected chi connectivity index (χ3v) is 3.08. The molecule has 2 N–H and O–H groups in total. The van der Waals surface area contributed by atoms with E-state index in [-0.39, 0.29) is 11.3 Å². The molecule has 0 aliphatic heterocycles. The summed E-state index contributed by atoms with van der Waals surface area (Å²) >= 11 is 0. The summed E-state index contributed by atoms with van der Waals surface area (Å²) in [6, 6.07) is 11.9. The molecule has 110 valence electrons. The molecule has 1 amide bonds. The van der Waals surface area contributed by atoms with E-state index in [1.807, 2.05) is 30.3 Å². The van der Waals surface area contributed by atoms with Crippen LogP contribution in [0.5, 0.6) is 0 Å². The van der Waals surface area contributed by atoms with Crippen LogP contribution >= 0.6 is 0 Å². The van der Waals surface area contributed by atoms with E-state index in [1.165, 1.54) is 12.5 Å². The summed E-state index contributed by atoms with van der Waals surface area (Å²) in [5.74, 6) is 0.649. The molecule has 0 saturated heterocycles. The molecule has 1 aromatic carbocycles. The highest BCUT2D eigenvalue weighted by Gasteiger charge is 2.17. The molecule has 0 radical (unpaired) electrons. The van der Waals surface area contributed by atoms with Crippen LogP contribution < -0.4 is 10.6 Å². The first-order valence-electron chi connectivity index (χ1n) is 6.96. The van der Waals surface area contributed by atoms with Crippen molar-refractivity contribution in [1.29, 1.82) is 0 Å². The molecule has 4 heteroatoms. The van der Waals surface area contributed by atoms with E-state index in [9.17, 15) is 4.79 Å². The Hall–Kier alpha value is -2.36. The number of aromatic nitrogens is 1. The van der Waals surface area contributed by atoms with E-state index in [0.29, 0.717) is 5.69 Å². The Morgan fingerprint density at radius 3 is 2.38 bits per heavy atom. The zero-order chi connectivity index (χ0) is 15.5. The Bertz CT molecular complexity index is 627. The predicted octanol–water partition coefficient (Wildman–Crippen LogP) is 4.08. The minimum atomic E-state index is -0.101. The fourth-order valence-corrected chi connectivity index (χ4v) is 2.13. The highest BCUT2D eigenvalue weighted by molar-refractivity contribution is 5.88. The van der Waals surface area contributed by atoms with Gasteiger partial charge in [0.2, 0.25) is 5.91 Å². The van der Waals surface area contributed by atoms with Crippen molar-refractivity contribution in [1.82, 2.24) is 4.98 Å². The van der Waals surface area contributed by atoms with Crippen LogP contribution in [-0.4, -0.2) is 10.9 Å². The molecular formula is C17H21N3O. The number of amides is 1. The van der Waals surface area contributed by atoms with Crippen LogP contribution in [0.2, 0.25) is 0 Å². The van der Waals surface area contributed by atoms with Gasteiger partial charge in [-0.15, -0.1) is 0 Å². The average Bonchev–Trinajstić information content (AvgIpc) is 2.40. The second-order valence-electron chi connectivity index (χ2n) is 6.03. The standard InChI is InChI=1S/C17H21N3O/c1-12(21)19-13-9-10-16(18-11-13)20-15-8-6-5-7-14(15)17(2,3)4/h5-11H,1-4H3,(H,18,20)(H,19,21). The Balaban J connectivity index is 2.21. The van der Waals surface area contributed by atoms with Crippen LogP contribution in [0.4, 0.5) is 17.2 Å². The highest BCUT2D eigenvalue weighted by Crippen LogP contribution is 2.30. The van der Waals surface area contributed by atoms with Crippen molar-refractivity contribution in [3.63, 3.8) is 0 Å². The minimum absolute atomic E-state index is 0.0553. The molecule has 1 heterocycles. The number of nitrogens with zero attached hydrogens (tertiary/aromatic N) is 1. The van der Waals surface area contributed by atoms with Gasteiger partial charge < -0.3 is 10.6 Å². The zero-order valence-electron chi connectivity index (χ0n) is 12.9. The van der Waals surface area contributed by atoms with E-state index in [4.69, 9.17) is 0 Å². The van der Waals surface area contributed by atoms with Gasteiger partial charge in [-0.05, 0) is 29.2 Å². The van der Waals surface area contributed by atoms with Gasteiger partial charge in [-0.1, -0.05) is 39.0 Å². The van der Waals surface area contributed by atoms with E-state index in [2.05, 4.69) is 42.5 Å². The van der Waals surface area contributed by atoms with Gasteiger partial charge in [0.05, 0.1) is 11.9 Å². The molecule has 0 unspecified atom stereocenters. The number of carbonyl (C=O) groups is 1. The molecule has 0 atom stereocenters. The molecule has 0 fully saturated rings. The van der Waals surface area contributed by atoms with Crippen LogP contribution in [0.1, 0.15) is 33.3 Å². The second kappa shape index (κ2) is 5.95. The van der Waals surface area contributed by atoms with Gasteiger partial charge in [0.25, 0.3) is 0 Å². The van der Waals surface area contributed by atoms with Gasteiger partial charge in [0.15, 0.2) is 0 Å². The average molecular weight is 283 g/mol. The van der Waals surface area contributed by atoms with Gasteiger partial charge >= 0.3 is 0 Å². The summed E-state index contributed by atoms with van der Waals surface area (Å²) in [5.41, 5.74) is 3.03. The number of anilines is 3. The lowest BCUT2D eigenvalue weighted by Gasteiger charge is -2.23. The quantitative estimate of drug-likeness (QED) is 0.892. The Morgan fingerprint density at radius 2 is 1.81 bits per heavy atom. The number of rotatable bonds is 3. The molecule has 0 spiro atoms. The number of para-hydroxylation sites is 1. The van der Waals surface area contributed by atoms with Crippen LogP contribution in [0, 0.1) is 0 Å². The normalized spacial score (nSPS) is 11.0. The molecule has 0 aliphatic carbocycles. The van der Waals surface area contributed by atoms with Crippen LogP contribution in [-0.2, 0) is 10.2 Å². The summed E-state index contributed by atoms with van der Waals surface area (Å²) in [6.45, 7) is 8.02. The number of carbonyl (C=O) groups excluding carboxylic acids is 1. The number of hydrogen-bond donors (Lipinski definition) is 2. The van der Waals surface area contributed by atoms with Crippen molar-refractivity contribution in [3.05, 3.63) is 48.2 Å². The van der Waals surface area contributed by atoms with Gasteiger partial charge in [-0.2, -0.15) is 0 Å². The summed E-state index contributed by atoms with van der Waals surface area (Å²) in [6.07, 6.45) is 1.64. The molecule has 2 aromatic rings. The fourth-order valence-electron chi connectivity index (χ4n) is 2.13. The van der Waals surface area contributed by atoms with Crippen LogP contribution in [0.15, 0.2) is 42.6 Å². The predicted molar refractivity (Wildman–Crippen MR) is 87.0 cm³/mol. The first-order valence-corrected chi connectivity index (χ1v) is 6.96. The van der Waals surface area contributed by atoms with Gasteiger partial charge in [0, 0.05) is 12.6 Å². The van der Waals surface area contributed by atoms with Crippen molar-refractivity contribution in [2.75, 3.05) is 10.6 Å². The Morgan fingerprint density at radius 1 is 1.10 bits per heavy atom. The fraction of sp³-hybridized carbons (Fsp3) is 0.294. The molecule has 4 nitrogen and oxygen atoms in total. The third-order valence-electron chi connectivity index (χ3n) is 3.08. The largest absolute Gasteiger partial charge is 0.340 e. The molecular weight excluding hydrogens is 262 g/mol. The van der Waals surface area contributed by atoms with Crippen molar-refractivity contribution in [3.8, 4) is 0 Å². The van der Waals surface area contributed by atoms with E-state index >= 15 is 0 Å².